The summed E-state index contributed by atoms with van der Waals surface area (Å²) in [7, 11) is -2.32. The molecule has 26 heavy (non-hydrogen) atoms. The van der Waals surface area contributed by atoms with Crippen LogP contribution in [0.15, 0.2) is 47.4 Å². The summed E-state index contributed by atoms with van der Waals surface area (Å²) in [6.07, 6.45) is 0.779. The molecule has 0 heterocycles. The van der Waals surface area contributed by atoms with Crippen LogP contribution in [0.5, 0.6) is 5.75 Å². The maximum Gasteiger partial charge on any atom is 0.319 e. The maximum absolute atomic E-state index is 12.6. The van der Waals surface area contributed by atoms with Crippen molar-refractivity contribution in [2.45, 2.75) is 18.2 Å². The van der Waals surface area contributed by atoms with Crippen LogP contribution in [0.2, 0.25) is 5.02 Å². The second kappa shape index (κ2) is 8.77. The van der Waals surface area contributed by atoms with Crippen molar-refractivity contribution in [2.75, 3.05) is 23.7 Å². The van der Waals surface area contributed by atoms with Gasteiger partial charge < -0.3 is 15.4 Å². The lowest BCUT2D eigenvalue weighted by molar-refractivity contribution is 0.252. The highest BCUT2D eigenvalue weighted by Crippen LogP contribution is 2.27. The summed E-state index contributed by atoms with van der Waals surface area (Å²) in [4.78, 5) is 11.8. The van der Waals surface area contributed by atoms with Gasteiger partial charge in [0.05, 0.1) is 22.7 Å². The fourth-order valence-corrected chi connectivity index (χ4v) is 3.29. The minimum absolute atomic E-state index is 0.0245. The summed E-state index contributed by atoms with van der Waals surface area (Å²) in [5, 5.41) is 5.41. The Hall–Kier alpha value is -2.45. The molecule has 2 amide bonds. The third kappa shape index (κ3) is 5.27. The molecule has 2 aromatic rings. The van der Waals surface area contributed by atoms with Crippen LogP contribution in [0.3, 0.4) is 0 Å². The lowest BCUT2D eigenvalue weighted by Crippen LogP contribution is -2.29. The van der Waals surface area contributed by atoms with Gasteiger partial charge in [-0.15, -0.1) is 0 Å². The summed E-state index contributed by atoms with van der Waals surface area (Å²) in [6, 6.07) is 10.1. The largest absolute Gasteiger partial charge is 0.497 e. The van der Waals surface area contributed by atoms with Gasteiger partial charge in [0.25, 0.3) is 10.0 Å². The fourth-order valence-electron chi connectivity index (χ4n) is 2.05. The molecule has 0 spiro atoms. The highest BCUT2D eigenvalue weighted by atomic mass is 35.5. The van der Waals surface area contributed by atoms with E-state index < -0.39 is 16.1 Å². The molecule has 0 radical (unpaired) electrons. The minimum atomic E-state index is -3.85. The van der Waals surface area contributed by atoms with Crippen molar-refractivity contribution in [3.05, 3.63) is 47.5 Å². The Morgan fingerprint density at radius 3 is 2.46 bits per heavy atom. The van der Waals surface area contributed by atoms with E-state index in [2.05, 4.69) is 15.4 Å². The first-order valence-electron chi connectivity index (χ1n) is 7.87. The summed E-state index contributed by atoms with van der Waals surface area (Å²) < 4.78 is 32.6. The van der Waals surface area contributed by atoms with Crippen molar-refractivity contribution in [1.82, 2.24) is 5.32 Å². The Balaban J connectivity index is 2.20. The standard InChI is InChI=1S/C17H20ClN3O4S/c1-3-10-19-17(22)20-16-11-14(8-9-15(16)18)26(23,24)21-12-4-6-13(25-2)7-5-12/h4-9,11,21H,3,10H2,1-2H3,(H2,19,20,22). The van der Waals surface area contributed by atoms with E-state index in [0.29, 0.717) is 18.0 Å². The number of benzene rings is 2. The highest BCUT2D eigenvalue weighted by molar-refractivity contribution is 7.92. The molecular weight excluding hydrogens is 378 g/mol. The Kier molecular flexibility index (Phi) is 6.70. The fraction of sp³-hybridized carbons (Fsp3) is 0.235. The smallest absolute Gasteiger partial charge is 0.319 e. The molecule has 0 bridgehead atoms. The highest BCUT2D eigenvalue weighted by Gasteiger charge is 2.17. The van der Waals surface area contributed by atoms with Crippen molar-refractivity contribution in [3.63, 3.8) is 0 Å². The van der Waals surface area contributed by atoms with Crippen LogP contribution in [-0.4, -0.2) is 28.1 Å². The van der Waals surface area contributed by atoms with Gasteiger partial charge in [0.15, 0.2) is 0 Å². The second-order valence-corrected chi connectivity index (χ2v) is 7.45. The van der Waals surface area contributed by atoms with Gasteiger partial charge in [-0.2, -0.15) is 0 Å². The van der Waals surface area contributed by atoms with Crippen LogP contribution in [0.4, 0.5) is 16.2 Å². The number of anilines is 2. The maximum atomic E-state index is 12.6. The van der Waals surface area contributed by atoms with Crippen LogP contribution >= 0.6 is 11.6 Å². The van der Waals surface area contributed by atoms with Crippen molar-refractivity contribution in [3.8, 4) is 5.75 Å². The first kappa shape index (κ1) is 19.9. The minimum Gasteiger partial charge on any atom is -0.497 e. The van der Waals surface area contributed by atoms with E-state index in [1.165, 1.54) is 25.3 Å². The van der Waals surface area contributed by atoms with E-state index in [4.69, 9.17) is 16.3 Å². The number of halogens is 1. The number of methoxy groups -OCH3 is 1. The molecule has 7 nitrogen and oxygen atoms in total. The molecular formula is C17H20ClN3O4S. The first-order valence-corrected chi connectivity index (χ1v) is 9.73. The van der Waals surface area contributed by atoms with E-state index in [1.54, 1.807) is 24.3 Å². The molecule has 0 aliphatic rings. The molecule has 2 rings (SSSR count). The van der Waals surface area contributed by atoms with Gasteiger partial charge in [-0.1, -0.05) is 18.5 Å². The second-order valence-electron chi connectivity index (χ2n) is 5.36. The topological polar surface area (TPSA) is 96.5 Å². The molecule has 0 saturated carbocycles. The molecule has 140 valence electrons. The van der Waals surface area contributed by atoms with Crippen LogP contribution < -0.4 is 20.1 Å². The number of hydrogen-bond acceptors (Lipinski definition) is 4. The molecule has 2 aromatic carbocycles. The van der Waals surface area contributed by atoms with Gasteiger partial charge in [-0.25, -0.2) is 13.2 Å². The number of urea groups is 1. The first-order chi connectivity index (χ1) is 12.4. The van der Waals surface area contributed by atoms with E-state index in [9.17, 15) is 13.2 Å². The molecule has 0 fully saturated rings. The van der Waals surface area contributed by atoms with E-state index in [0.717, 1.165) is 6.42 Å². The lowest BCUT2D eigenvalue weighted by Gasteiger charge is -2.12. The predicted molar refractivity (Wildman–Crippen MR) is 103 cm³/mol. The normalized spacial score (nSPS) is 10.9. The number of sulfonamides is 1. The Morgan fingerprint density at radius 2 is 1.85 bits per heavy atom. The third-order valence-electron chi connectivity index (χ3n) is 3.37. The van der Waals surface area contributed by atoms with E-state index >= 15 is 0 Å². The number of hydrogen-bond donors (Lipinski definition) is 3. The van der Waals surface area contributed by atoms with Gasteiger partial charge in [0.1, 0.15) is 5.75 Å². The van der Waals surface area contributed by atoms with E-state index in [-0.39, 0.29) is 15.6 Å². The molecule has 0 aliphatic heterocycles. The average Bonchev–Trinajstić information content (AvgIpc) is 2.62. The zero-order valence-electron chi connectivity index (χ0n) is 14.4. The number of ether oxygens (including phenoxy) is 1. The molecule has 0 saturated heterocycles. The number of carbonyl (C=O) groups is 1. The zero-order chi connectivity index (χ0) is 19.2. The third-order valence-corrected chi connectivity index (χ3v) is 5.08. The van der Waals surface area contributed by atoms with Gasteiger partial charge in [0, 0.05) is 12.2 Å². The van der Waals surface area contributed by atoms with E-state index in [1.807, 2.05) is 6.92 Å². The Morgan fingerprint density at radius 1 is 1.15 bits per heavy atom. The SMILES string of the molecule is CCCNC(=O)Nc1cc(S(=O)(=O)Nc2ccc(OC)cc2)ccc1Cl. The van der Waals surface area contributed by atoms with Crippen molar-refractivity contribution in [1.29, 1.82) is 0 Å². The lowest BCUT2D eigenvalue weighted by atomic mass is 10.3. The molecule has 0 atom stereocenters. The molecule has 0 aliphatic carbocycles. The molecule has 3 N–H and O–H groups in total. The molecule has 0 aromatic heterocycles. The van der Waals surface area contributed by atoms with Crippen molar-refractivity contribution in [2.24, 2.45) is 0 Å². The summed E-state index contributed by atoms with van der Waals surface area (Å²) >= 11 is 6.05. The van der Waals surface area contributed by atoms with Crippen molar-refractivity contribution >= 4 is 39.0 Å². The van der Waals surface area contributed by atoms with Gasteiger partial charge in [0.2, 0.25) is 0 Å². The predicted octanol–water partition coefficient (Wildman–Crippen LogP) is 3.68. The number of nitrogens with one attached hydrogen (secondary N) is 3. The quantitative estimate of drug-likeness (QED) is 0.663. The molecule has 0 unspecified atom stereocenters. The van der Waals surface area contributed by atoms with Gasteiger partial charge >= 0.3 is 6.03 Å². The average molecular weight is 398 g/mol. The summed E-state index contributed by atoms with van der Waals surface area (Å²) in [6.45, 7) is 2.42. The van der Waals surface area contributed by atoms with Crippen molar-refractivity contribution < 1.29 is 17.9 Å². The Bertz CT molecular complexity index is 870. The monoisotopic (exact) mass is 397 g/mol. The number of amides is 2. The van der Waals surface area contributed by atoms with Crippen LogP contribution in [-0.2, 0) is 10.0 Å². The van der Waals surface area contributed by atoms with Gasteiger partial charge in [-0.3, -0.25) is 4.72 Å². The van der Waals surface area contributed by atoms with Gasteiger partial charge in [-0.05, 0) is 48.9 Å². The Labute approximate surface area is 157 Å². The number of rotatable bonds is 7. The number of carbonyl (C=O) groups excluding carboxylic acids is 1. The summed E-state index contributed by atoms with van der Waals surface area (Å²) in [5.74, 6) is 0.615. The molecule has 9 heteroatoms. The van der Waals surface area contributed by atoms with Crippen LogP contribution in [0.1, 0.15) is 13.3 Å². The van der Waals surface area contributed by atoms with Crippen LogP contribution in [0, 0.1) is 0 Å². The zero-order valence-corrected chi connectivity index (χ0v) is 15.9. The van der Waals surface area contributed by atoms with Crippen LogP contribution in [0.25, 0.3) is 0 Å². The summed E-state index contributed by atoms with van der Waals surface area (Å²) in [5.41, 5.74) is 0.592.